The summed E-state index contributed by atoms with van der Waals surface area (Å²) >= 11 is 0. The van der Waals surface area contributed by atoms with Gasteiger partial charge in [-0.15, -0.1) is 0 Å². The molecular weight excluding hydrogens is 476 g/mol. The van der Waals surface area contributed by atoms with Crippen LogP contribution in [0, 0.1) is 11.8 Å². The maximum Gasteiger partial charge on any atom is 0.330 e. The summed E-state index contributed by atoms with van der Waals surface area (Å²) in [5, 5.41) is 0.00240. The summed E-state index contributed by atoms with van der Waals surface area (Å²) in [7, 11) is -0.519. The van der Waals surface area contributed by atoms with Gasteiger partial charge in [-0.3, -0.25) is 14.2 Å². The number of esters is 1. The molecule has 9 heteroatoms. The van der Waals surface area contributed by atoms with Gasteiger partial charge in [-0.25, -0.2) is 4.79 Å². The molecule has 1 aromatic rings. The van der Waals surface area contributed by atoms with E-state index in [0.717, 1.165) is 6.42 Å². The van der Waals surface area contributed by atoms with Crippen LogP contribution in [0.1, 0.15) is 86.8 Å². The van der Waals surface area contributed by atoms with Crippen LogP contribution in [0.4, 0.5) is 0 Å². The molecule has 2 rings (SSSR count). The van der Waals surface area contributed by atoms with Gasteiger partial charge in [0.15, 0.2) is 8.32 Å². The summed E-state index contributed by atoms with van der Waals surface area (Å²) in [5.74, 6) is -0.505. The van der Waals surface area contributed by atoms with Crippen LogP contribution in [0.5, 0.6) is 0 Å². The van der Waals surface area contributed by atoms with Crippen LogP contribution in [-0.4, -0.2) is 41.2 Å². The van der Waals surface area contributed by atoms with Crippen molar-refractivity contribution in [3.05, 3.63) is 32.6 Å². The molecule has 1 aliphatic rings. The number of rotatable bonds is 8. The van der Waals surface area contributed by atoms with E-state index in [2.05, 4.69) is 47.7 Å². The van der Waals surface area contributed by atoms with Crippen LogP contribution in [0.25, 0.3) is 0 Å². The molecule has 8 nitrogen and oxygen atoms in total. The standard InChI is InChI=1S/C27H48N2O6Si/c1-13-20-18(3)22(35-36(11,12)27(7,8)9)23(33-20)19-16-28(10)25(32)29(24(19)31)15-17(2)14-21(30)34-26(4,5)6/h16-18,20,22-23H,13-15H2,1-12H3/t17-,18-,20+,22?,23-/m0/s1. The van der Waals surface area contributed by atoms with Crippen molar-refractivity contribution in [2.75, 3.05) is 0 Å². The Balaban J connectivity index is 2.45. The fourth-order valence-electron chi connectivity index (χ4n) is 4.43. The molecule has 0 aromatic carbocycles. The minimum atomic E-state index is -2.16. The number of hydrogen-bond donors (Lipinski definition) is 0. The second-order valence-electron chi connectivity index (χ2n) is 13.0. The number of ether oxygens (including phenoxy) is 2. The number of aromatic nitrogens is 2. The highest BCUT2D eigenvalue weighted by Gasteiger charge is 2.49. The lowest BCUT2D eigenvalue weighted by Crippen LogP contribution is -2.48. The molecule has 5 atom stereocenters. The zero-order valence-corrected chi connectivity index (χ0v) is 25.4. The van der Waals surface area contributed by atoms with E-state index in [4.69, 9.17) is 13.9 Å². The molecular formula is C27H48N2O6Si. The molecule has 1 saturated heterocycles. The van der Waals surface area contributed by atoms with E-state index in [-0.39, 0.29) is 53.6 Å². The van der Waals surface area contributed by atoms with Crippen LogP contribution in [-0.2, 0) is 32.3 Å². The van der Waals surface area contributed by atoms with Gasteiger partial charge in [0.2, 0.25) is 0 Å². The van der Waals surface area contributed by atoms with E-state index < -0.39 is 25.7 Å². The van der Waals surface area contributed by atoms with Crippen molar-refractivity contribution in [1.82, 2.24) is 9.13 Å². The fraction of sp³-hybridized carbons (Fsp3) is 0.815. The van der Waals surface area contributed by atoms with E-state index in [1.807, 2.05) is 27.7 Å². The summed E-state index contributed by atoms with van der Waals surface area (Å²) in [6, 6.07) is 0. The predicted octanol–water partition coefficient (Wildman–Crippen LogP) is 4.79. The van der Waals surface area contributed by atoms with Crippen molar-refractivity contribution in [2.45, 2.75) is 124 Å². The Morgan fingerprint density at radius 3 is 2.25 bits per heavy atom. The highest BCUT2D eigenvalue weighted by molar-refractivity contribution is 6.74. The van der Waals surface area contributed by atoms with Gasteiger partial charge < -0.3 is 18.5 Å². The molecule has 1 aromatic heterocycles. The monoisotopic (exact) mass is 524 g/mol. The summed E-state index contributed by atoms with van der Waals surface area (Å²) in [5.41, 5.74) is -0.963. The van der Waals surface area contributed by atoms with Gasteiger partial charge in [0, 0.05) is 32.1 Å². The second-order valence-corrected chi connectivity index (χ2v) is 17.8. The van der Waals surface area contributed by atoms with Crippen LogP contribution >= 0.6 is 0 Å². The third kappa shape index (κ3) is 6.98. The molecule has 0 saturated carbocycles. The Morgan fingerprint density at radius 1 is 1.17 bits per heavy atom. The number of aryl methyl sites for hydroxylation is 1. The molecule has 0 amide bonds. The first-order valence-electron chi connectivity index (χ1n) is 13.1. The highest BCUT2D eigenvalue weighted by atomic mass is 28.4. The molecule has 0 spiro atoms. The number of carbonyl (C=O) groups excluding carboxylic acids is 1. The largest absolute Gasteiger partial charge is 0.460 e. The molecule has 2 heterocycles. The predicted molar refractivity (Wildman–Crippen MR) is 145 cm³/mol. The molecule has 1 aliphatic heterocycles. The van der Waals surface area contributed by atoms with Crippen LogP contribution in [0.2, 0.25) is 18.1 Å². The van der Waals surface area contributed by atoms with Crippen LogP contribution in [0.3, 0.4) is 0 Å². The topological polar surface area (TPSA) is 88.8 Å². The SMILES string of the molecule is CC[C@H]1O[C@@H](c2cn(C)c(=O)n(C[C@@H](C)CC(=O)OC(C)(C)C)c2=O)C(O[Si](C)(C)C(C)(C)C)[C@H]1C. The first-order chi connectivity index (χ1) is 16.3. The van der Waals surface area contributed by atoms with Crippen LogP contribution < -0.4 is 11.2 Å². The van der Waals surface area contributed by atoms with E-state index in [1.54, 1.807) is 13.2 Å². The molecule has 0 N–H and O–H groups in total. The lowest BCUT2D eigenvalue weighted by atomic mass is 9.95. The molecule has 0 bridgehead atoms. The zero-order valence-electron chi connectivity index (χ0n) is 24.4. The average Bonchev–Trinajstić information content (AvgIpc) is 3.00. The van der Waals surface area contributed by atoms with Gasteiger partial charge >= 0.3 is 11.7 Å². The summed E-state index contributed by atoms with van der Waals surface area (Å²) < 4.78 is 21.3. The molecule has 206 valence electrons. The maximum absolute atomic E-state index is 13.7. The van der Waals surface area contributed by atoms with Crippen molar-refractivity contribution in [3.8, 4) is 0 Å². The Labute approximate surface area is 217 Å². The summed E-state index contributed by atoms with van der Waals surface area (Å²) in [6.45, 7) is 22.6. The lowest BCUT2D eigenvalue weighted by Gasteiger charge is -2.40. The Morgan fingerprint density at radius 2 is 1.75 bits per heavy atom. The minimum absolute atomic E-state index is 0.00240. The fourth-order valence-corrected chi connectivity index (χ4v) is 5.81. The average molecular weight is 525 g/mol. The zero-order chi connectivity index (χ0) is 27.8. The van der Waals surface area contributed by atoms with Crippen LogP contribution in [0.15, 0.2) is 15.8 Å². The number of hydrogen-bond acceptors (Lipinski definition) is 6. The van der Waals surface area contributed by atoms with Crippen molar-refractivity contribution in [3.63, 3.8) is 0 Å². The van der Waals surface area contributed by atoms with Gasteiger partial charge in [0.05, 0.1) is 17.8 Å². The van der Waals surface area contributed by atoms with Gasteiger partial charge in [0.25, 0.3) is 5.56 Å². The lowest BCUT2D eigenvalue weighted by molar-refractivity contribution is -0.155. The van der Waals surface area contributed by atoms with Crippen molar-refractivity contribution < 1.29 is 18.7 Å². The Kier molecular flexibility index (Phi) is 9.28. The number of nitrogens with zero attached hydrogens (tertiary/aromatic N) is 2. The van der Waals surface area contributed by atoms with E-state index in [9.17, 15) is 14.4 Å². The normalized spacial score (nSPS) is 24.1. The Hall–Kier alpha value is -1.71. The molecule has 0 radical (unpaired) electrons. The minimum Gasteiger partial charge on any atom is -0.460 e. The van der Waals surface area contributed by atoms with Crippen molar-refractivity contribution in [2.24, 2.45) is 18.9 Å². The highest BCUT2D eigenvalue weighted by Crippen LogP contribution is 2.45. The number of carbonyl (C=O) groups is 1. The quantitative estimate of drug-likeness (QED) is 0.359. The third-order valence-corrected chi connectivity index (χ3v) is 11.9. The summed E-state index contributed by atoms with van der Waals surface area (Å²) in [6.07, 6.45) is 1.63. The van der Waals surface area contributed by atoms with E-state index in [0.29, 0.717) is 5.56 Å². The maximum atomic E-state index is 13.7. The summed E-state index contributed by atoms with van der Waals surface area (Å²) in [4.78, 5) is 39.0. The molecule has 1 fully saturated rings. The van der Waals surface area contributed by atoms with E-state index in [1.165, 1.54) is 9.13 Å². The molecule has 36 heavy (non-hydrogen) atoms. The molecule has 1 unspecified atom stereocenters. The first kappa shape index (κ1) is 30.5. The first-order valence-corrected chi connectivity index (χ1v) is 16.1. The van der Waals surface area contributed by atoms with Gasteiger partial charge in [-0.2, -0.15) is 0 Å². The smallest absolute Gasteiger partial charge is 0.330 e. The van der Waals surface area contributed by atoms with E-state index >= 15 is 0 Å². The van der Waals surface area contributed by atoms with Crippen molar-refractivity contribution in [1.29, 1.82) is 0 Å². The van der Waals surface area contributed by atoms with Gasteiger partial charge in [-0.05, 0) is 51.2 Å². The molecule has 0 aliphatic carbocycles. The second kappa shape index (κ2) is 11.0. The van der Waals surface area contributed by atoms with Crippen molar-refractivity contribution >= 4 is 14.3 Å². The van der Waals surface area contributed by atoms with Gasteiger partial charge in [-0.1, -0.05) is 41.5 Å². The Bertz CT molecular complexity index is 1050. The third-order valence-electron chi connectivity index (χ3n) is 7.46. The van der Waals surface area contributed by atoms with Gasteiger partial charge in [0.1, 0.15) is 11.7 Å².